The molecule has 20 heavy (non-hydrogen) atoms. The van der Waals surface area contributed by atoms with E-state index in [2.05, 4.69) is 35.7 Å². The molecule has 2 heterocycles. The molecule has 0 radical (unpaired) electrons. The zero-order valence-electron chi connectivity index (χ0n) is 13.2. The zero-order chi connectivity index (χ0) is 14.4. The molecule has 4 heteroatoms. The van der Waals surface area contributed by atoms with Gasteiger partial charge in [-0.05, 0) is 38.2 Å². The van der Waals surface area contributed by atoms with Gasteiger partial charge in [0, 0.05) is 32.4 Å². The van der Waals surface area contributed by atoms with Crippen LogP contribution < -0.4 is 9.80 Å². The summed E-state index contributed by atoms with van der Waals surface area (Å²) in [6.45, 7) is 6.64. The summed E-state index contributed by atoms with van der Waals surface area (Å²) in [5.41, 5.74) is 0. The largest absolute Gasteiger partial charge is 0.360 e. The van der Waals surface area contributed by atoms with E-state index in [0.29, 0.717) is 6.04 Å². The monoisotopic (exact) mass is 276 g/mol. The number of aromatic nitrogens is 2. The van der Waals surface area contributed by atoms with Gasteiger partial charge in [0.1, 0.15) is 5.82 Å². The quantitative estimate of drug-likeness (QED) is 0.796. The van der Waals surface area contributed by atoms with E-state index in [4.69, 9.17) is 4.98 Å². The van der Waals surface area contributed by atoms with Gasteiger partial charge in [0.2, 0.25) is 5.95 Å². The van der Waals surface area contributed by atoms with Gasteiger partial charge in [0.25, 0.3) is 0 Å². The van der Waals surface area contributed by atoms with Gasteiger partial charge in [-0.25, -0.2) is 4.98 Å². The maximum atomic E-state index is 4.79. The molecule has 2 rings (SSSR count). The third-order valence-electron chi connectivity index (χ3n) is 4.22. The standard InChI is InChI=1S/C16H28N4/c1-4-6-12-19(3)15-10-11-17-16(18-15)20-13-8-7-9-14(20)5-2/h10-11,14H,4-9,12-13H2,1-3H3. The van der Waals surface area contributed by atoms with Crippen LogP contribution in [0.3, 0.4) is 0 Å². The summed E-state index contributed by atoms with van der Waals surface area (Å²) in [4.78, 5) is 13.9. The van der Waals surface area contributed by atoms with E-state index in [0.717, 1.165) is 24.9 Å². The van der Waals surface area contributed by atoms with Crippen molar-refractivity contribution >= 4 is 11.8 Å². The first-order valence-electron chi connectivity index (χ1n) is 8.07. The minimum absolute atomic E-state index is 0.611. The van der Waals surface area contributed by atoms with E-state index in [9.17, 15) is 0 Å². The smallest absolute Gasteiger partial charge is 0.227 e. The molecule has 1 unspecified atom stereocenters. The third kappa shape index (κ3) is 3.62. The second-order valence-corrected chi connectivity index (χ2v) is 5.74. The molecule has 1 saturated heterocycles. The van der Waals surface area contributed by atoms with Crippen molar-refractivity contribution in [3.8, 4) is 0 Å². The lowest BCUT2D eigenvalue weighted by Gasteiger charge is -2.35. The van der Waals surface area contributed by atoms with Crippen LogP contribution in [-0.4, -0.2) is 36.1 Å². The third-order valence-corrected chi connectivity index (χ3v) is 4.22. The Labute approximate surface area is 123 Å². The van der Waals surface area contributed by atoms with Crippen molar-refractivity contribution in [1.29, 1.82) is 0 Å². The van der Waals surface area contributed by atoms with Crippen molar-refractivity contribution in [1.82, 2.24) is 9.97 Å². The second-order valence-electron chi connectivity index (χ2n) is 5.74. The van der Waals surface area contributed by atoms with Crippen LogP contribution in [0.5, 0.6) is 0 Å². The predicted molar refractivity (Wildman–Crippen MR) is 85.5 cm³/mol. The molecule has 112 valence electrons. The van der Waals surface area contributed by atoms with Gasteiger partial charge in [-0.3, -0.25) is 0 Å². The lowest BCUT2D eigenvalue weighted by molar-refractivity contribution is 0.443. The van der Waals surface area contributed by atoms with Crippen molar-refractivity contribution in [2.75, 3.05) is 29.9 Å². The number of hydrogen-bond acceptors (Lipinski definition) is 4. The predicted octanol–water partition coefficient (Wildman–Crippen LogP) is 3.48. The Morgan fingerprint density at radius 1 is 1.35 bits per heavy atom. The first-order valence-corrected chi connectivity index (χ1v) is 8.07. The number of rotatable bonds is 6. The molecule has 0 aromatic carbocycles. The molecule has 0 spiro atoms. The molecule has 1 aliphatic rings. The zero-order valence-corrected chi connectivity index (χ0v) is 13.2. The maximum absolute atomic E-state index is 4.79. The maximum Gasteiger partial charge on any atom is 0.227 e. The van der Waals surface area contributed by atoms with E-state index in [1.54, 1.807) is 0 Å². The summed E-state index contributed by atoms with van der Waals surface area (Å²) in [5, 5.41) is 0. The fraction of sp³-hybridized carbons (Fsp3) is 0.750. The minimum Gasteiger partial charge on any atom is -0.360 e. The van der Waals surface area contributed by atoms with Crippen LogP contribution in [0.15, 0.2) is 12.3 Å². The molecule has 0 N–H and O–H groups in total. The van der Waals surface area contributed by atoms with Crippen molar-refractivity contribution in [2.45, 2.75) is 58.4 Å². The molecule has 1 aliphatic heterocycles. The molecule has 0 saturated carbocycles. The van der Waals surface area contributed by atoms with Crippen LogP contribution in [-0.2, 0) is 0 Å². The summed E-state index contributed by atoms with van der Waals surface area (Å²) in [6, 6.07) is 2.63. The fourth-order valence-electron chi connectivity index (χ4n) is 2.89. The molecule has 1 aromatic heterocycles. The molecular formula is C16H28N4. The molecule has 1 fully saturated rings. The molecule has 4 nitrogen and oxygen atoms in total. The Kier molecular flexibility index (Phi) is 5.62. The van der Waals surface area contributed by atoms with E-state index in [1.165, 1.54) is 38.5 Å². The Hall–Kier alpha value is -1.32. The molecule has 1 atom stereocenters. The van der Waals surface area contributed by atoms with Gasteiger partial charge in [-0.1, -0.05) is 20.3 Å². The molecule has 0 aliphatic carbocycles. The van der Waals surface area contributed by atoms with E-state index < -0.39 is 0 Å². The minimum atomic E-state index is 0.611. The number of unbranched alkanes of at least 4 members (excludes halogenated alkanes) is 1. The molecule has 0 bridgehead atoms. The van der Waals surface area contributed by atoms with Crippen molar-refractivity contribution in [2.24, 2.45) is 0 Å². The molecule has 0 amide bonds. The van der Waals surface area contributed by atoms with Crippen LogP contribution >= 0.6 is 0 Å². The van der Waals surface area contributed by atoms with Gasteiger partial charge in [-0.15, -0.1) is 0 Å². The van der Waals surface area contributed by atoms with Gasteiger partial charge < -0.3 is 9.80 Å². The summed E-state index contributed by atoms with van der Waals surface area (Å²) >= 11 is 0. The van der Waals surface area contributed by atoms with E-state index >= 15 is 0 Å². The van der Waals surface area contributed by atoms with Gasteiger partial charge in [0.15, 0.2) is 0 Å². The lowest BCUT2D eigenvalue weighted by atomic mass is 10.0. The highest BCUT2D eigenvalue weighted by Crippen LogP contribution is 2.24. The number of hydrogen-bond donors (Lipinski definition) is 0. The highest BCUT2D eigenvalue weighted by molar-refractivity contribution is 5.43. The highest BCUT2D eigenvalue weighted by Gasteiger charge is 2.23. The molecule has 1 aromatic rings. The van der Waals surface area contributed by atoms with Crippen molar-refractivity contribution < 1.29 is 0 Å². The van der Waals surface area contributed by atoms with Crippen molar-refractivity contribution in [3.63, 3.8) is 0 Å². The van der Waals surface area contributed by atoms with Gasteiger partial charge >= 0.3 is 0 Å². The summed E-state index contributed by atoms with van der Waals surface area (Å²) in [6.07, 6.45) is 9.38. The Morgan fingerprint density at radius 2 is 2.20 bits per heavy atom. The van der Waals surface area contributed by atoms with Crippen LogP contribution in [0.1, 0.15) is 52.4 Å². The summed E-state index contributed by atoms with van der Waals surface area (Å²) in [7, 11) is 2.12. The topological polar surface area (TPSA) is 32.3 Å². The Bertz CT molecular complexity index is 407. The average molecular weight is 276 g/mol. The van der Waals surface area contributed by atoms with Crippen LogP contribution in [0.25, 0.3) is 0 Å². The first-order chi connectivity index (χ1) is 9.76. The highest BCUT2D eigenvalue weighted by atomic mass is 15.3. The number of nitrogens with zero attached hydrogens (tertiary/aromatic N) is 4. The first kappa shape index (κ1) is 15.1. The van der Waals surface area contributed by atoms with Crippen molar-refractivity contribution in [3.05, 3.63) is 12.3 Å². The fourth-order valence-corrected chi connectivity index (χ4v) is 2.89. The number of piperidine rings is 1. The van der Waals surface area contributed by atoms with Crippen LogP contribution in [0.4, 0.5) is 11.8 Å². The summed E-state index contributed by atoms with van der Waals surface area (Å²) in [5.74, 6) is 1.96. The Morgan fingerprint density at radius 3 is 2.95 bits per heavy atom. The van der Waals surface area contributed by atoms with Gasteiger partial charge in [0.05, 0.1) is 0 Å². The lowest BCUT2D eigenvalue weighted by Crippen LogP contribution is -2.40. The normalized spacial score (nSPS) is 19.1. The van der Waals surface area contributed by atoms with E-state index in [-0.39, 0.29) is 0 Å². The van der Waals surface area contributed by atoms with E-state index in [1.807, 2.05) is 12.3 Å². The van der Waals surface area contributed by atoms with Gasteiger partial charge in [-0.2, -0.15) is 4.98 Å². The average Bonchev–Trinajstić information content (AvgIpc) is 2.52. The van der Waals surface area contributed by atoms with Crippen LogP contribution in [0, 0.1) is 0 Å². The van der Waals surface area contributed by atoms with Crippen LogP contribution in [0.2, 0.25) is 0 Å². The Balaban J connectivity index is 2.11. The molecular weight excluding hydrogens is 248 g/mol. The second kappa shape index (κ2) is 7.46. The summed E-state index contributed by atoms with van der Waals surface area (Å²) < 4.78 is 0. The SMILES string of the molecule is CCCCN(C)c1ccnc(N2CCCCC2CC)n1. The number of anilines is 2.